The summed E-state index contributed by atoms with van der Waals surface area (Å²) < 4.78 is 50.5. The molecule has 0 unspecified atom stereocenters. The molecule has 26 heavy (non-hydrogen) atoms. The van der Waals surface area contributed by atoms with Crippen molar-refractivity contribution in [3.05, 3.63) is 59.7 Å². The Morgan fingerprint density at radius 3 is 2.15 bits per heavy atom. The van der Waals surface area contributed by atoms with Crippen LogP contribution in [-0.2, 0) is 29.8 Å². The van der Waals surface area contributed by atoms with Gasteiger partial charge in [0.05, 0.1) is 24.3 Å². The van der Waals surface area contributed by atoms with Crippen molar-refractivity contribution in [3.63, 3.8) is 0 Å². The van der Waals surface area contributed by atoms with Gasteiger partial charge in [-0.2, -0.15) is 0 Å². The Balaban J connectivity index is 2.13. The smallest absolute Gasteiger partial charge is 0.309 e. The van der Waals surface area contributed by atoms with Gasteiger partial charge in [0.25, 0.3) is 10.0 Å². The average Bonchev–Trinajstić information content (AvgIpc) is 2.57. The Bertz CT molecular complexity index is 871. The van der Waals surface area contributed by atoms with Crippen LogP contribution in [0.2, 0.25) is 0 Å². The second-order valence-electron chi connectivity index (χ2n) is 5.72. The Labute approximate surface area is 155 Å². The summed E-state index contributed by atoms with van der Waals surface area (Å²) >= 11 is 0. The molecule has 0 saturated carbocycles. The molecule has 2 rings (SSSR count). The summed E-state index contributed by atoms with van der Waals surface area (Å²) in [6.07, 6.45) is 0.138. The van der Waals surface area contributed by atoms with Gasteiger partial charge in [0.1, 0.15) is 0 Å². The van der Waals surface area contributed by atoms with Crippen molar-refractivity contribution in [2.45, 2.75) is 31.8 Å². The van der Waals surface area contributed by atoms with Gasteiger partial charge in [0.15, 0.2) is 0 Å². The van der Waals surface area contributed by atoms with E-state index in [4.69, 9.17) is 9.05 Å². The Morgan fingerprint density at radius 1 is 1.00 bits per heavy atom. The molecule has 0 saturated heterocycles. The lowest BCUT2D eigenvalue weighted by molar-refractivity contribution is 0.219. The number of hydrogen-bond donors (Lipinski definition) is 1. The minimum atomic E-state index is -3.66. The van der Waals surface area contributed by atoms with Crippen LogP contribution in [0.5, 0.6) is 0 Å². The molecule has 1 N–H and O–H groups in total. The molecule has 0 aliphatic rings. The second kappa shape index (κ2) is 8.82. The van der Waals surface area contributed by atoms with E-state index in [2.05, 4.69) is 4.72 Å². The normalized spacial score (nSPS) is 12.1. The van der Waals surface area contributed by atoms with Crippen molar-refractivity contribution in [1.82, 2.24) is 0 Å². The molecular weight excluding hydrogens is 373 g/mol. The minimum absolute atomic E-state index is 0.138. The summed E-state index contributed by atoms with van der Waals surface area (Å²) in [4.78, 5) is 0.207. The Hall–Kier alpha value is -1.66. The molecule has 0 aliphatic heterocycles. The topological polar surface area (TPSA) is 81.7 Å². The fourth-order valence-corrected chi connectivity index (χ4v) is 5.29. The number of sulfonamides is 1. The van der Waals surface area contributed by atoms with Crippen LogP contribution in [-0.4, -0.2) is 21.6 Å². The summed E-state index contributed by atoms with van der Waals surface area (Å²) in [6.45, 7) is 5.95. The number of nitrogens with one attached hydrogen (secondary N) is 1. The summed E-state index contributed by atoms with van der Waals surface area (Å²) in [7, 11) is -6.84. The molecule has 0 radical (unpaired) electrons. The zero-order valence-corrected chi connectivity index (χ0v) is 16.8. The molecule has 0 heterocycles. The molecule has 0 fully saturated rings. The van der Waals surface area contributed by atoms with Gasteiger partial charge in [0, 0.05) is 5.69 Å². The van der Waals surface area contributed by atoms with E-state index in [1.165, 1.54) is 0 Å². The highest BCUT2D eigenvalue weighted by molar-refractivity contribution is 7.92. The summed E-state index contributed by atoms with van der Waals surface area (Å²) in [6, 6.07) is 13.4. The van der Waals surface area contributed by atoms with Gasteiger partial charge in [0.2, 0.25) is 0 Å². The lowest BCUT2D eigenvalue weighted by Crippen LogP contribution is -2.13. The van der Waals surface area contributed by atoms with Crippen molar-refractivity contribution in [3.8, 4) is 0 Å². The van der Waals surface area contributed by atoms with Crippen molar-refractivity contribution in [2.24, 2.45) is 0 Å². The number of benzene rings is 2. The molecule has 0 atom stereocenters. The van der Waals surface area contributed by atoms with Gasteiger partial charge in [-0.25, -0.2) is 8.42 Å². The Kier molecular flexibility index (Phi) is 7.01. The summed E-state index contributed by atoms with van der Waals surface area (Å²) in [5.41, 5.74) is 2.04. The number of rotatable bonds is 9. The standard InChI is InChI=1S/C18H24NO5PS/c1-4-23-25(20,24-5-2)14-16-9-11-17(12-10-16)19-26(21,22)18-8-6-7-15(3)13-18/h6-13,19H,4-5,14H2,1-3H3. The van der Waals surface area contributed by atoms with Crippen LogP contribution in [0.25, 0.3) is 0 Å². The number of anilines is 1. The molecule has 0 bridgehead atoms. The van der Waals surface area contributed by atoms with Crippen LogP contribution in [0.15, 0.2) is 53.4 Å². The number of aryl methyl sites for hydroxylation is 1. The van der Waals surface area contributed by atoms with E-state index in [0.29, 0.717) is 18.9 Å². The van der Waals surface area contributed by atoms with Crippen molar-refractivity contribution < 1.29 is 22.0 Å². The van der Waals surface area contributed by atoms with E-state index >= 15 is 0 Å². The molecule has 2 aromatic rings. The molecule has 0 aliphatic carbocycles. The molecule has 0 spiro atoms. The fraction of sp³-hybridized carbons (Fsp3) is 0.333. The van der Waals surface area contributed by atoms with Gasteiger partial charge in [-0.15, -0.1) is 0 Å². The molecule has 8 heteroatoms. The Morgan fingerprint density at radius 2 is 1.62 bits per heavy atom. The van der Waals surface area contributed by atoms with Crippen LogP contribution in [0.4, 0.5) is 5.69 Å². The molecule has 2 aromatic carbocycles. The van der Waals surface area contributed by atoms with Gasteiger partial charge in [-0.05, 0) is 56.2 Å². The maximum absolute atomic E-state index is 12.6. The van der Waals surface area contributed by atoms with Crippen LogP contribution >= 0.6 is 7.60 Å². The first-order valence-corrected chi connectivity index (χ1v) is 11.6. The molecule has 6 nitrogen and oxygen atoms in total. The first kappa shape index (κ1) is 20.6. The fourth-order valence-electron chi connectivity index (χ4n) is 2.42. The average molecular weight is 397 g/mol. The van der Waals surface area contributed by atoms with E-state index in [-0.39, 0.29) is 11.1 Å². The summed E-state index contributed by atoms with van der Waals surface area (Å²) in [5, 5.41) is 0. The highest BCUT2D eigenvalue weighted by Crippen LogP contribution is 2.51. The molecule has 0 amide bonds. The van der Waals surface area contributed by atoms with Gasteiger partial charge < -0.3 is 9.05 Å². The molecule has 0 aromatic heterocycles. The maximum Gasteiger partial charge on any atom is 0.335 e. The first-order valence-electron chi connectivity index (χ1n) is 8.34. The largest absolute Gasteiger partial charge is 0.335 e. The third kappa shape index (κ3) is 5.68. The predicted octanol–water partition coefficient (Wildman–Crippen LogP) is 4.56. The van der Waals surface area contributed by atoms with E-state index in [9.17, 15) is 13.0 Å². The third-order valence-corrected chi connectivity index (χ3v) is 6.97. The minimum Gasteiger partial charge on any atom is -0.309 e. The van der Waals surface area contributed by atoms with Crippen LogP contribution < -0.4 is 4.72 Å². The quantitative estimate of drug-likeness (QED) is 0.627. The molecular formula is C18H24NO5PS. The van der Waals surface area contributed by atoms with E-state index in [0.717, 1.165) is 11.1 Å². The SMILES string of the molecule is CCOP(=O)(Cc1ccc(NS(=O)(=O)c2cccc(C)c2)cc1)OCC. The van der Waals surface area contributed by atoms with Crippen molar-refractivity contribution in [2.75, 3.05) is 17.9 Å². The zero-order valence-electron chi connectivity index (χ0n) is 15.1. The van der Waals surface area contributed by atoms with E-state index in [1.807, 2.05) is 13.0 Å². The predicted molar refractivity (Wildman–Crippen MR) is 103 cm³/mol. The summed E-state index contributed by atoms with van der Waals surface area (Å²) in [5.74, 6) is 0. The number of hydrogen-bond acceptors (Lipinski definition) is 5. The van der Waals surface area contributed by atoms with E-state index < -0.39 is 17.6 Å². The highest BCUT2D eigenvalue weighted by atomic mass is 32.2. The van der Waals surface area contributed by atoms with Gasteiger partial charge >= 0.3 is 7.60 Å². The van der Waals surface area contributed by atoms with E-state index in [1.54, 1.807) is 56.3 Å². The van der Waals surface area contributed by atoms with Crippen LogP contribution in [0.1, 0.15) is 25.0 Å². The first-order chi connectivity index (χ1) is 12.3. The van der Waals surface area contributed by atoms with Gasteiger partial charge in [-0.1, -0.05) is 24.3 Å². The van der Waals surface area contributed by atoms with Crippen LogP contribution in [0.3, 0.4) is 0 Å². The second-order valence-corrected chi connectivity index (χ2v) is 9.46. The maximum atomic E-state index is 12.6. The lowest BCUT2D eigenvalue weighted by Gasteiger charge is -2.17. The molecule has 142 valence electrons. The van der Waals surface area contributed by atoms with Gasteiger partial charge in [-0.3, -0.25) is 9.29 Å². The third-order valence-electron chi connectivity index (χ3n) is 3.53. The monoisotopic (exact) mass is 397 g/mol. The van der Waals surface area contributed by atoms with Crippen LogP contribution in [0, 0.1) is 6.92 Å². The van der Waals surface area contributed by atoms with Crippen molar-refractivity contribution >= 4 is 23.3 Å². The van der Waals surface area contributed by atoms with Crippen molar-refractivity contribution in [1.29, 1.82) is 0 Å². The lowest BCUT2D eigenvalue weighted by atomic mass is 10.2. The zero-order chi connectivity index (χ0) is 19.2. The highest BCUT2D eigenvalue weighted by Gasteiger charge is 2.24.